The topological polar surface area (TPSA) is 93.2 Å². The molecule has 0 saturated heterocycles. The van der Waals surface area contributed by atoms with Crippen LogP contribution in [0, 0.1) is 21.7 Å². The van der Waals surface area contributed by atoms with Crippen LogP contribution in [0.25, 0.3) is 0 Å². The Hall–Kier alpha value is -2.55. The van der Waals surface area contributed by atoms with Gasteiger partial charge in [-0.15, -0.1) is 0 Å². The fourth-order valence-corrected chi connectivity index (χ4v) is 1.71. The molecule has 0 fully saturated rings. The Balaban J connectivity index is 1.92. The van der Waals surface area contributed by atoms with Crippen molar-refractivity contribution in [1.82, 2.24) is 9.78 Å². The smallest absolute Gasteiger partial charge is 0.306 e. The molecule has 0 amide bonds. The van der Waals surface area contributed by atoms with Crippen LogP contribution < -0.4 is 5.32 Å². The molecule has 1 aromatic heterocycles. The van der Waals surface area contributed by atoms with Crippen molar-refractivity contribution in [3.63, 3.8) is 0 Å². The van der Waals surface area contributed by atoms with Gasteiger partial charge in [0.15, 0.2) is 0 Å². The van der Waals surface area contributed by atoms with Gasteiger partial charge in [0.1, 0.15) is 29.7 Å². The zero-order valence-electron chi connectivity index (χ0n) is 10.7. The summed E-state index contributed by atoms with van der Waals surface area (Å²) in [4.78, 5) is 9.87. The van der Waals surface area contributed by atoms with Crippen molar-refractivity contribution in [3.05, 3.63) is 52.3 Å². The van der Waals surface area contributed by atoms with Gasteiger partial charge in [0.2, 0.25) is 0 Å². The van der Waals surface area contributed by atoms with Crippen LogP contribution in [0.4, 0.5) is 20.2 Å². The maximum Gasteiger partial charge on any atom is 0.306 e. The lowest BCUT2D eigenvalue weighted by Gasteiger charge is -2.13. The Morgan fingerprint density at radius 2 is 2.10 bits per heavy atom. The summed E-state index contributed by atoms with van der Waals surface area (Å²) < 4.78 is 27.9. The van der Waals surface area contributed by atoms with Crippen molar-refractivity contribution in [3.8, 4) is 0 Å². The van der Waals surface area contributed by atoms with Crippen LogP contribution in [0.3, 0.4) is 0 Å². The first-order valence-corrected chi connectivity index (χ1v) is 6.00. The summed E-state index contributed by atoms with van der Waals surface area (Å²) in [6.45, 7) is -0.178. The molecule has 2 rings (SSSR count). The van der Waals surface area contributed by atoms with Crippen molar-refractivity contribution in [2.24, 2.45) is 0 Å². The summed E-state index contributed by atoms with van der Waals surface area (Å²) in [6, 6.07) is 3.42. The van der Waals surface area contributed by atoms with E-state index in [2.05, 4.69) is 10.4 Å². The third-order valence-corrected chi connectivity index (χ3v) is 2.71. The standard InChI is InChI=1S/C12H12F2N4O3/c13-10-2-1-3-11(14)12(10)15-5-9(19)7-17-6-8(4-16-17)18(20)21/h1-4,6,9,15,19H,5,7H2. The third-order valence-electron chi connectivity index (χ3n) is 2.71. The molecule has 1 unspecified atom stereocenters. The van der Waals surface area contributed by atoms with Gasteiger partial charge >= 0.3 is 5.69 Å². The Labute approximate surface area is 118 Å². The van der Waals surface area contributed by atoms with Crippen molar-refractivity contribution < 1.29 is 18.8 Å². The van der Waals surface area contributed by atoms with E-state index in [-0.39, 0.29) is 24.5 Å². The van der Waals surface area contributed by atoms with Crippen molar-refractivity contribution in [1.29, 1.82) is 0 Å². The quantitative estimate of drug-likeness (QED) is 0.623. The fourth-order valence-electron chi connectivity index (χ4n) is 1.71. The maximum atomic E-state index is 13.3. The van der Waals surface area contributed by atoms with Crippen LogP contribution in [0.1, 0.15) is 0 Å². The molecule has 2 N–H and O–H groups in total. The first-order valence-electron chi connectivity index (χ1n) is 6.00. The lowest BCUT2D eigenvalue weighted by atomic mass is 10.2. The number of nitrogens with one attached hydrogen (secondary N) is 1. The number of aromatic nitrogens is 2. The highest BCUT2D eigenvalue weighted by Crippen LogP contribution is 2.17. The molecule has 0 aliphatic carbocycles. The van der Waals surface area contributed by atoms with Gasteiger partial charge in [-0.3, -0.25) is 14.8 Å². The highest BCUT2D eigenvalue weighted by Gasteiger charge is 2.13. The van der Waals surface area contributed by atoms with Crippen LogP contribution in [-0.4, -0.2) is 32.5 Å². The number of rotatable bonds is 6. The largest absolute Gasteiger partial charge is 0.389 e. The molecule has 0 saturated carbocycles. The van der Waals surface area contributed by atoms with Gasteiger partial charge in [-0.1, -0.05) is 6.07 Å². The van der Waals surface area contributed by atoms with Gasteiger partial charge in [-0.05, 0) is 12.1 Å². The van der Waals surface area contributed by atoms with Crippen molar-refractivity contribution in [2.45, 2.75) is 12.6 Å². The van der Waals surface area contributed by atoms with Crippen LogP contribution in [0.5, 0.6) is 0 Å². The normalized spacial score (nSPS) is 12.1. The SMILES string of the molecule is O=[N+]([O-])c1cnn(CC(O)CNc2c(F)cccc2F)c1. The zero-order chi connectivity index (χ0) is 15.4. The van der Waals surface area contributed by atoms with E-state index < -0.39 is 22.7 Å². The summed E-state index contributed by atoms with van der Waals surface area (Å²) in [5.41, 5.74) is -0.529. The Morgan fingerprint density at radius 3 is 2.67 bits per heavy atom. The molecule has 1 aromatic carbocycles. The molecule has 7 nitrogen and oxygen atoms in total. The summed E-state index contributed by atoms with van der Waals surface area (Å²) in [5, 5.41) is 26.4. The number of nitro groups is 1. The van der Waals surface area contributed by atoms with E-state index in [1.165, 1.54) is 10.7 Å². The number of aliphatic hydroxyl groups is 1. The third kappa shape index (κ3) is 3.72. The molecule has 9 heteroatoms. The van der Waals surface area contributed by atoms with Crippen LogP contribution >= 0.6 is 0 Å². The molecular weight excluding hydrogens is 286 g/mol. The lowest BCUT2D eigenvalue weighted by Crippen LogP contribution is -2.25. The number of nitrogens with zero attached hydrogens (tertiary/aromatic N) is 3. The molecule has 1 heterocycles. The molecular formula is C12H12F2N4O3. The number of para-hydroxylation sites is 1. The summed E-state index contributed by atoms with van der Waals surface area (Å²) in [6.07, 6.45) is 1.19. The first kappa shape index (κ1) is 14.9. The predicted octanol–water partition coefficient (Wildman–Crippen LogP) is 1.54. The molecule has 2 aromatic rings. The van der Waals surface area contributed by atoms with Gasteiger partial charge in [-0.25, -0.2) is 8.78 Å². The molecule has 1 atom stereocenters. The Morgan fingerprint density at radius 1 is 1.43 bits per heavy atom. The number of hydrogen-bond donors (Lipinski definition) is 2. The zero-order valence-corrected chi connectivity index (χ0v) is 10.7. The molecule has 0 radical (unpaired) electrons. The maximum absolute atomic E-state index is 13.3. The Kier molecular flexibility index (Phi) is 4.43. The van der Waals surface area contributed by atoms with E-state index in [0.717, 1.165) is 24.5 Å². The molecule has 0 aliphatic heterocycles. The molecule has 112 valence electrons. The number of halogens is 2. The number of benzene rings is 1. The van der Waals surface area contributed by atoms with Gasteiger partial charge < -0.3 is 10.4 Å². The van der Waals surface area contributed by atoms with E-state index in [4.69, 9.17) is 0 Å². The summed E-state index contributed by atoms with van der Waals surface area (Å²) in [7, 11) is 0. The minimum absolute atomic E-state index is 0.0447. The monoisotopic (exact) mass is 298 g/mol. The average molecular weight is 298 g/mol. The molecule has 0 spiro atoms. The average Bonchev–Trinajstić information content (AvgIpc) is 2.87. The minimum Gasteiger partial charge on any atom is -0.389 e. The fraction of sp³-hybridized carbons (Fsp3) is 0.250. The summed E-state index contributed by atoms with van der Waals surface area (Å²) in [5.74, 6) is -1.53. The van der Waals surface area contributed by atoms with Gasteiger partial charge in [0.05, 0.1) is 17.6 Å². The van der Waals surface area contributed by atoms with Crippen LogP contribution in [0.15, 0.2) is 30.6 Å². The highest BCUT2D eigenvalue weighted by molar-refractivity contribution is 5.46. The number of aliphatic hydroxyl groups excluding tert-OH is 1. The summed E-state index contributed by atoms with van der Waals surface area (Å²) >= 11 is 0. The Bertz CT molecular complexity index is 627. The minimum atomic E-state index is -1.02. The second-order valence-corrected chi connectivity index (χ2v) is 4.31. The van der Waals surface area contributed by atoms with Gasteiger partial charge in [0.25, 0.3) is 0 Å². The van der Waals surface area contributed by atoms with Gasteiger partial charge in [-0.2, -0.15) is 5.10 Å². The second kappa shape index (κ2) is 6.27. The van der Waals surface area contributed by atoms with Gasteiger partial charge in [0, 0.05) is 6.54 Å². The molecule has 0 bridgehead atoms. The van der Waals surface area contributed by atoms with E-state index in [9.17, 15) is 24.0 Å². The second-order valence-electron chi connectivity index (χ2n) is 4.31. The lowest BCUT2D eigenvalue weighted by molar-refractivity contribution is -0.385. The molecule has 21 heavy (non-hydrogen) atoms. The van der Waals surface area contributed by atoms with E-state index >= 15 is 0 Å². The first-order chi connectivity index (χ1) is 9.97. The molecule has 0 aliphatic rings. The van der Waals surface area contributed by atoms with Crippen molar-refractivity contribution in [2.75, 3.05) is 11.9 Å². The van der Waals surface area contributed by atoms with Crippen molar-refractivity contribution >= 4 is 11.4 Å². The highest BCUT2D eigenvalue weighted by atomic mass is 19.1. The predicted molar refractivity (Wildman–Crippen MR) is 69.7 cm³/mol. The van der Waals surface area contributed by atoms with E-state index in [0.29, 0.717) is 0 Å². The van der Waals surface area contributed by atoms with E-state index in [1.807, 2.05) is 0 Å². The van der Waals surface area contributed by atoms with Crippen LogP contribution in [-0.2, 0) is 6.54 Å². The van der Waals surface area contributed by atoms with Crippen LogP contribution in [0.2, 0.25) is 0 Å². The number of anilines is 1. The van der Waals surface area contributed by atoms with E-state index in [1.54, 1.807) is 0 Å². The number of hydrogen-bond acceptors (Lipinski definition) is 5.